The fourth-order valence-electron chi connectivity index (χ4n) is 4.02. The van der Waals surface area contributed by atoms with Crippen molar-refractivity contribution in [2.24, 2.45) is 5.73 Å². The molecule has 30 heavy (non-hydrogen) atoms. The summed E-state index contributed by atoms with van der Waals surface area (Å²) in [7, 11) is 0. The lowest BCUT2D eigenvalue weighted by Gasteiger charge is -2.33. The first kappa shape index (κ1) is 19.9. The molecule has 0 atom stereocenters. The number of para-hydroxylation sites is 1. The predicted molar refractivity (Wildman–Crippen MR) is 118 cm³/mol. The average Bonchev–Trinajstić information content (AvgIpc) is 2.75. The summed E-state index contributed by atoms with van der Waals surface area (Å²) in [5, 5.41) is 4.59. The van der Waals surface area contributed by atoms with Crippen molar-refractivity contribution in [2.75, 3.05) is 18.4 Å². The molecule has 2 amide bonds. The monoisotopic (exact) mass is 402 g/mol. The van der Waals surface area contributed by atoms with Gasteiger partial charge >= 0.3 is 0 Å². The first-order valence-corrected chi connectivity index (χ1v) is 10.3. The lowest BCUT2D eigenvalue weighted by Crippen LogP contribution is -2.43. The highest BCUT2D eigenvalue weighted by molar-refractivity contribution is 5.83. The van der Waals surface area contributed by atoms with E-state index in [1.165, 1.54) is 0 Å². The van der Waals surface area contributed by atoms with E-state index in [0.717, 1.165) is 53.6 Å². The van der Waals surface area contributed by atoms with Crippen molar-refractivity contribution in [3.63, 3.8) is 0 Å². The Balaban J connectivity index is 1.33. The van der Waals surface area contributed by atoms with E-state index in [9.17, 15) is 9.59 Å². The smallest absolute Gasteiger partial charge is 0.226 e. The van der Waals surface area contributed by atoms with Crippen molar-refractivity contribution in [1.29, 1.82) is 0 Å². The van der Waals surface area contributed by atoms with Crippen LogP contribution in [0.15, 0.2) is 60.8 Å². The van der Waals surface area contributed by atoms with Crippen LogP contribution in [0.2, 0.25) is 0 Å². The SMILES string of the molecule is NC(=O)Cc1ccccc1NC1CCN(C(=O)Cc2ccc3ncccc3c2)CC1. The number of piperidine rings is 1. The molecule has 6 heteroatoms. The number of amides is 2. The Kier molecular flexibility index (Phi) is 5.93. The van der Waals surface area contributed by atoms with Gasteiger partial charge in [0.2, 0.25) is 11.8 Å². The molecule has 1 aliphatic rings. The van der Waals surface area contributed by atoms with Crippen LogP contribution in [0, 0.1) is 0 Å². The number of nitrogens with two attached hydrogens (primary N) is 1. The number of hydrogen-bond donors (Lipinski definition) is 2. The molecule has 3 N–H and O–H groups in total. The first-order valence-electron chi connectivity index (χ1n) is 10.3. The number of fused-ring (bicyclic) bond motifs is 1. The van der Waals surface area contributed by atoms with Crippen LogP contribution in [-0.2, 0) is 22.4 Å². The second kappa shape index (κ2) is 8.95. The minimum Gasteiger partial charge on any atom is -0.382 e. The number of aromatic nitrogens is 1. The third kappa shape index (κ3) is 4.76. The van der Waals surface area contributed by atoms with Crippen LogP contribution in [0.1, 0.15) is 24.0 Å². The van der Waals surface area contributed by atoms with E-state index in [-0.39, 0.29) is 24.3 Å². The fraction of sp³-hybridized carbons (Fsp3) is 0.292. The molecule has 6 nitrogen and oxygen atoms in total. The number of likely N-dealkylation sites (tertiary alicyclic amines) is 1. The van der Waals surface area contributed by atoms with Crippen molar-refractivity contribution in [1.82, 2.24) is 9.88 Å². The van der Waals surface area contributed by atoms with Gasteiger partial charge < -0.3 is 16.0 Å². The summed E-state index contributed by atoms with van der Waals surface area (Å²) in [6, 6.07) is 18.0. The predicted octanol–water partition coefficient (Wildman–Crippen LogP) is 2.91. The normalized spacial score (nSPS) is 14.6. The Morgan fingerprint density at radius 1 is 1.03 bits per heavy atom. The summed E-state index contributed by atoms with van der Waals surface area (Å²) in [4.78, 5) is 30.4. The third-order valence-corrected chi connectivity index (χ3v) is 5.61. The van der Waals surface area contributed by atoms with Crippen LogP contribution in [-0.4, -0.2) is 40.8 Å². The number of rotatable bonds is 6. The Morgan fingerprint density at radius 3 is 2.63 bits per heavy atom. The maximum Gasteiger partial charge on any atom is 0.226 e. The number of hydrogen-bond acceptors (Lipinski definition) is 4. The molecule has 0 bridgehead atoms. The van der Waals surface area contributed by atoms with Crippen LogP contribution >= 0.6 is 0 Å². The molecule has 0 unspecified atom stereocenters. The Labute approximate surface area is 176 Å². The van der Waals surface area contributed by atoms with Crippen molar-refractivity contribution in [3.05, 3.63) is 71.9 Å². The van der Waals surface area contributed by atoms with Crippen molar-refractivity contribution >= 4 is 28.4 Å². The molecule has 1 aliphatic heterocycles. The van der Waals surface area contributed by atoms with Crippen LogP contribution < -0.4 is 11.1 Å². The molecule has 3 aromatic rings. The summed E-state index contributed by atoms with van der Waals surface area (Å²) in [5.41, 5.74) is 9.18. The van der Waals surface area contributed by atoms with Gasteiger partial charge in [0.1, 0.15) is 0 Å². The molecule has 2 heterocycles. The van der Waals surface area contributed by atoms with Gasteiger partial charge in [-0.3, -0.25) is 14.6 Å². The molecule has 0 radical (unpaired) electrons. The van der Waals surface area contributed by atoms with Gasteiger partial charge in [0, 0.05) is 36.4 Å². The Bertz CT molecular complexity index is 1060. The van der Waals surface area contributed by atoms with E-state index in [1.807, 2.05) is 59.5 Å². The summed E-state index contributed by atoms with van der Waals surface area (Å²) in [6.45, 7) is 1.45. The first-order chi connectivity index (χ1) is 14.6. The maximum absolute atomic E-state index is 12.8. The summed E-state index contributed by atoms with van der Waals surface area (Å²) in [5.74, 6) is -0.181. The lowest BCUT2D eigenvalue weighted by molar-refractivity contribution is -0.131. The zero-order valence-corrected chi connectivity index (χ0v) is 16.9. The number of benzene rings is 2. The molecule has 1 fully saturated rings. The van der Waals surface area contributed by atoms with E-state index in [0.29, 0.717) is 6.42 Å². The number of primary amides is 1. The van der Waals surface area contributed by atoms with Gasteiger partial charge in [0.05, 0.1) is 18.4 Å². The van der Waals surface area contributed by atoms with E-state index in [4.69, 9.17) is 5.73 Å². The highest BCUT2D eigenvalue weighted by Crippen LogP contribution is 2.22. The van der Waals surface area contributed by atoms with Crippen LogP contribution in [0.25, 0.3) is 10.9 Å². The second-order valence-electron chi connectivity index (χ2n) is 7.81. The lowest BCUT2D eigenvalue weighted by atomic mass is 10.0. The van der Waals surface area contributed by atoms with Gasteiger partial charge in [-0.1, -0.05) is 30.3 Å². The highest BCUT2D eigenvalue weighted by Gasteiger charge is 2.23. The molecule has 0 saturated carbocycles. The van der Waals surface area contributed by atoms with Crippen molar-refractivity contribution in [3.8, 4) is 0 Å². The zero-order valence-electron chi connectivity index (χ0n) is 16.9. The summed E-state index contributed by atoms with van der Waals surface area (Å²) in [6.07, 6.45) is 4.15. The minimum atomic E-state index is -0.339. The van der Waals surface area contributed by atoms with Gasteiger partial charge in [-0.05, 0) is 48.2 Å². The molecule has 154 valence electrons. The average molecular weight is 402 g/mol. The maximum atomic E-state index is 12.8. The van der Waals surface area contributed by atoms with Gasteiger partial charge in [-0.2, -0.15) is 0 Å². The molecular weight excluding hydrogens is 376 g/mol. The van der Waals surface area contributed by atoms with E-state index < -0.39 is 0 Å². The number of nitrogens with one attached hydrogen (secondary N) is 1. The fourth-order valence-corrected chi connectivity index (χ4v) is 4.02. The van der Waals surface area contributed by atoms with Crippen molar-refractivity contribution < 1.29 is 9.59 Å². The second-order valence-corrected chi connectivity index (χ2v) is 7.81. The minimum absolute atomic E-state index is 0.158. The Hall–Kier alpha value is -3.41. The number of anilines is 1. The van der Waals surface area contributed by atoms with Gasteiger partial charge in [-0.15, -0.1) is 0 Å². The summed E-state index contributed by atoms with van der Waals surface area (Å²) < 4.78 is 0. The van der Waals surface area contributed by atoms with Gasteiger partial charge in [0.15, 0.2) is 0 Å². The van der Waals surface area contributed by atoms with E-state index in [2.05, 4.69) is 10.3 Å². The third-order valence-electron chi connectivity index (χ3n) is 5.61. The van der Waals surface area contributed by atoms with Gasteiger partial charge in [-0.25, -0.2) is 0 Å². The number of carbonyl (C=O) groups is 2. The molecule has 0 aliphatic carbocycles. The van der Waals surface area contributed by atoms with E-state index in [1.54, 1.807) is 6.20 Å². The number of nitrogens with zero attached hydrogens (tertiary/aromatic N) is 2. The van der Waals surface area contributed by atoms with Crippen LogP contribution in [0.4, 0.5) is 5.69 Å². The summed E-state index contributed by atoms with van der Waals surface area (Å²) >= 11 is 0. The molecule has 0 spiro atoms. The molecule has 1 saturated heterocycles. The van der Waals surface area contributed by atoms with Gasteiger partial charge in [0.25, 0.3) is 0 Å². The number of pyridine rings is 1. The molecule has 4 rings (SSSR count). The van der Waals surface area contributed by atoms with E-state index >= 15 is 0 Å². The molecular formula is C24H26N4O2. The standard InChI is InChI=1S/C24H26N4O2/c25-23(29)16-19-4-1-2-6-22(19)27-20-9-12-28(13-10-20)24(30)15-17-7-8-21-18(14-17)5-3-11-26-21/h1-8,11,14,20,27H,9-10,12-13,15-16H2,(H2,25,29). The highest BCUT2D eigenvalue weighted by atomic mass is 16.2. The van der Waals surface area contributed by atoms with Crippen LogP contribution in [0.5, 0.6) is 0 Å². The topological polar surface area (TPSA) is 88.3 Å². The van der Waals surface area contributed by atoms with Crippen molar-refractivity contribution in [2.45, 2.75) is 31.7 Å². The molecule has 1 aromatic heterocycles. The zero-order chi connectivity index (χ0) is 20.9. The van der Waals surface area contributed by atoms with Crippen LogP contribution in [0.3, 0.4) is 0 Å². The quantitative estimate of drug-likeness (QED) is 0.664. The molecule has 2 aromatic carbocycles. The largest absolute Gasteiger partial charge is 0.382 e. The Morgan fingerprint density at radius 2 is 1.83 bits per heavy atom. The number of carbonyl (C=O) groups excluding carboxylic acids is 2.